The van der Waals surface area contributed by atoms with Gasteiger partial charge in [0.1, 0.15) is 0 Å². The van der Waals surface area contributed by atoms with Gasteiger partial charge >= 0.3 is 0 Å². The molecule has 2 atom stereocenters. The Bertz CT molecular complexity index is 408. The van der Waals surface area contributed by atoms with Gasteiger partial charge < -0.3 is 10.4 Å². The van der Waals surface area contributed by atoms with Gasteiger partial charge in [0.2, 0.25) is 0 Å². The van der Waals surface area contributed by atoms with Crippen molar-refractivity contribution in [3.63, 3.8) is 0 Å². The predicted molar refractivity (Wildman–Crippen MR) is 75.8 cm³/mol. The Balaban J connectivity index is 2.39. The van der Waals surface area contributed by atoms with E-state index in [4.69, 9.17) is 0 Å². The van der Waals surface area contributed by atoms with E-state index in [-0.39, 0.29) is 0 Å². The van der Waals surface area contributed by atoms with Crippen molar-refractivity contribution in [2.75, 3.05) is 13.1 Å². The van der Waals surface area contributed by atoms with E-state index in [1.807, 2.05) is 6.92 Å². The molecule has 1 aromatic rings. The molecule has 18 heavy (non-hydrogen) atoms. The molecule has 0 aliphatic carbocycles. The molecule has 0 aromatic heterocycles. The lowest BCUT2D eigenvalue weighted by molar-refractivity contribution is -0.0166. The maximum absolute atomic E-state index is 11.0. The van der Waals surface area contributed by atoms with Gasteiger partial charge in [-0.05, 0) is 63.8 Å². The highest BCUT2D eigenvalue weighted by Crippen LogP contribution is 2.37. The Morgan fingerprint density at radius 2 is 1.83 bits per heavy atom. The maximum atomic E-state index is 11.0. The minimum atomic E-state index is -0.727. The van der Waals surface area contributed by atoms with E-state index in [2.05, 4.69) is 38.2 Å². The number of aryl methyl sites for hydroxylation is 3. The molecule has 0 saturated carbocycles. The van der Waals surface area contributed by atoms with Gasteiger partial charge in [0.05, 0.1) is 5.60 Å². The second-order valence-corrected chi connectivity index (χ2v) is 5.96. The van der Waals surface area contributed by atoms with Crippen molar-refractivity contribution in [3.8, 4) is 0 Å². The fourth-order valence-electron chi connectivity index (χ4n) is 3.51. The normalized spacial score (nSPS) is 23.7. The second kappa shape index (κ2) is 5.02. The van der Waals surface area contributed by atoms with Crippen LogP contribution >= 0.6 is 0 Å². The molecule has 1 heterocycles. The summed E-state index contributed by atoms with van der Waals surface area (Å²) < 4.78 is 0. The highest BCUT2D eigenvalue weighted by Gasteiger charge is 2.36. The summed E-state index contributed by atoms with van der Waals surface area (Å²) in [5.41, 5.74) is 4.09. The Morgan fingerprint density at radius 3 is 2.33 bits per heavy atom. The van der Waals surface area contributed by atoms with Crippen LogP contribution in [0.5, 0.6) is 0 Å². The molecular formula is C16H25NO. The minimum absolute atomic E-state index is 0.311. The summed E-state index contributed by atoms with van der Waals surface area (Å²) in [7, 11) is 0. The molecule has 1 aliphatic heterocycles. The SMILES string of the molecule is Cc1cc(C)c(C(C)(O)C2CCCNC2)c(C)c1. The van der Waals surface area contributed by atoms with Crippen molar-refractivity contribution in [3.05, 3.63) is 34.4 Å². The summed E-state index contributed by atoms with van der Waals surface area (Å²) in [6.07, 6.45) is 2.26. The van der Waals surface area contributed by atoms with Crippen LogP contribution in [-0.2, 0) is 5.60 Å². The summed E-state index contributed by atoms with van der Waals surface area (Å²) in [4.78, 5) is 0. The van der Waals surface area contributed by atoms with Crippen LogP contribution in [0.4, 0.5) is 0 Å². The fourth-order valence-corrected chi connectivity index (χ4v) is 3.51. The van der Waals surface area contributed by atoms with Crippen molar-refractivity contribution in [2.45, 2.75) is 46.1 Å². The third-order valence-electron chi connectivity index (χ3n) is 4.27. The molecule has 2 N–H and O–H groups in total. The Hall–Kier alpha value is -0.860. The van der Waals surface area contributed by atoms with Crippen LogP contribution in [0.3, 0.4) is 0 Å². The molecule has 2 nitrogen and oxygen atoms in total. The topological polar surface area (TPSA) is 32.3 Å². The Morgan fingerprint density at radius 1 is 1.22 bits per heavy atom. The lowest BCUT2D eigenvalue weighted by Gasteiger charge is -2.38. The summed E-state index contributed by atoms with van der Waals surface area (Å²) in [5.74, 6) is 0.311. The van der Waals surface area contributed by atoms with E-state index in [9.17, 15) is 5.11 Å². The largest absolute Gasteiger partial charge is 0.385 e. The molecule has 0 radical (unpaired) electrons. The predicted octanol–water partition coefficient (Wildman–Crippen LogP) is 2.82. The van der Waals surface area contributed by atoms with Crippen molar-refractivity contribution in [1.82, 2.24) is 5.32 Å². The Kier molecular flexibility index (Phi) is 3.79. The number of piperidine rings is 1. The minimum Gasteiger partial charge on any atom is -0.385 e. The summed E-state index contributed by atoms with van der Waals surface area (Å²) in [5, 5.41) is 14.4. The summed E-state index contributed by atoms with van der Waals surface area (Å²) in [6.45, 7) is 10.3. The van der Waals surface area contributed by atoms with Crippen LogP contribution < -0.4 is 5.32 Å². The quantitative estimate of drug-likeness (QED) is 0.842. The van der Waals surface area contributed by atoms with Gasteiger partial charge in [0, 0.05) is 12.5 Å². The molecule has 100 valence electrons. The first kappa shape index (κ1) is 13.6. The number of aliphatic hydroxyl groups is 1. The van der Waals surface area contributed by atoms with Gasteiger partial charge in [-0.25, -0.2) is 0 Å². The molecule has 2 unspecified atom stereocenters. The average molecular weight is 247 g/mol. The van der Waals surface area contributed by atoms with Crippen LogP contribution in [0, 0.1) is 26.7 Å². The van der Waals surface area contributed by atoms with E-state index in [0.717, 1.165) is 31.5 Å². The van der Waals surface area contributed by atoms with E-state index in [1.165, 1.54) is 16.7 Å². The van der Waals surface area contributed by atoms with Crippen LogP contribution in [0.25, 0.3) is 0 Å². The van der Waals surface area contributed by atoms with Gasteiger partial charge in [-0.3, -0.25) is 0 Å². The van der Waals surface area contributed by atoms with Crippen molar-refractivity contribution in [2.24, 2.45) is 5.92 Å². The van der Waals surface area contributed by atoms with Crippen LogP contribution in [0.15, 0.2) is 12.1 Å². The third-order valence-corrected chi connectivity index (χ3v) is 4.27. The maximum Gasteiger partial charge on any atom is 0.0913 e. The lowest BCUT2D eigenvalue weighted by atomic mass is 9.75. The molecular weight excluding hydrogens is 222 g/mol. The number of hydrogen-bond donors (Lipinski definition) is 2. The number of rotatable bonds is 2. The monoisotopic (exact) mass is 247 g/mol. The van der Waals surface area contributed by atoms with Gasteiger partial charge in [-0.15, -0.1) is 0 Å². The number of hydrogen-bond acceptors (Lipinski definition) is 2. The standard InChI is InChI=1S/C16H25NO/c1-11-8-12(2)15(13(3)9-11)16(4,18)14-6-5-7-17-10-14/h8-9,14,17-18H,5-7,10H2,1-4H3. The molecule has 2 rings (SSSR count). The fraction of sp³-hybridized carbons (Fsp3) is 0.625. The van der Waals surface area contributed by atoms with Crippen LogP contribution in [0.1, 0.15) is 42.0 Å². The Labute approximate surface area is 110 Å². The molecule has 0 spiro atoms. The van der Waals surface area contributed by atoms with E-state index < -0.39 is 5.60 Å². The molecule has 0 amide bonds. The van der Waals surface area contributed by atoms with E-state index >= 15 is 0 Å². The lowest BCUT2D eigenvalue weighted by Crippen LogP contribution is -2.43. The molecule has 2 heteroatoms. The first-order valence-corrected chi connectivity index (χ1v) is 6.94. The highest BCUT2D eigenvalue weighted by molar-refractivity contribution is 5.41. The molecule has 1 aromatic carbocycles. The van der Waals surface area contributed by atoms with Crippen molar-refractivity contribution < 1.29 is 5.11 Å². The van der Waals surface area contributed by atoms with E-state index in [1.54, 1.807) is 0 Å². The molecule has 1 fully saturated rings. The molecule has 0 bridgehead atoms. The summed E-state index contributed by atoms with van der Waals surface area (Å²) >= 11 is 0. The van der Waals surface area contributed by atoms with Crippen molar-refractivity contribution in [1.29, 1.82) is 0 Å². The third kappa shape index (κ3) is 2.45. The zero-order valence-corrected chi connectivity index (χ0v) is 12.0. The molecule has 1 aliphatic rings. The zero-order valence-electron chi connectivity index (χ0n) is 12.0. The van der Waals surface area contributed by atoms with Crippen molar-refractivity contribution >= 4 is 0 Å². The highest BCUT2D eigenvalue weighted by atomic mass is 16.3. The van der Waals surface area contributed by atoms with Gasteiger partial charge in [0.25, 0.3) is 0 Å². The molecule has 1 saturated heterocycles. The van der Waals surface area contributed by atoms with Crippen LogP contribution in [0.2, 0.25) is 0 Å². The first-order chi connectivity index (χ1) is 8.43. The summed E-state index contributed by atoms with van der Waals surface area (Å²) in [6, 6.07) is 4.35. The first-order valence-electron chi connectivity index (χ1n) is 6.94. The number of benzene rings is 1. The smallest absolute Gasteiger partial charge is 0.0913 e. The van der Waals surface area contributed by atoms with Gasteiger partial charge in [-0.2, -0.15) is 0 Å². The zero-order chi connectivity index (χ0) is 13.3. The average Bonchev–Trinajstić information content (AvgIpc) is 2.28. The number of nitrogens with one attached hydrogen (secondary N) is 1. The van der Waals surface area contributed by atoms with E-state index in [0.29, 0.717) is 5.92 Å². The van der Waals surface area contributed by atoms with Crippen LogP contribution in [-0.4, -0.2) is 18.2 Å². The van der Waals surface area contributed by atoms with Gasteiger partial charge in [0.15, 0.2) is 0 Å². The second-order valence-electron chi connectivity index (χ2n) is 5.96. The van der Waals surface area contributed by atoms with Gasteiger partial charge in [-0.1, -0.05) is 17.7 Å².